The highest BCUT2D eigenvalue weighted by Crippen LogP contribution is 2.15. The average molecular weight is 288 g/mol. The number of ether oxygens (including phenoxy) is 1. The molecule has 0 radical (unpaired) electrons. The van der Waals surface area contributed by atoms with Crippen molar-refractivity contribution < 1.29 is 4.74 Å². The molecule has 6 heteroatoms. The second-order valence-corrected chi connectivity index (χ2v) is 11.9. The normalized spacial score (nSPS) is 12.6. The van der Waals surface area contributed by atoms with E-state index in [0.717, 1.165) is 23.4 Å². The molecule has 0 aromatic carbocycles. The quantitative estimate of drug-likeness (QED) is 0.535. The predicted molar refractivity (Wildman–Crippen MR) is 82.6 cm³/mol. The van der Waals surface area contributed by atoms with Gasteiger partial charge in [0, 0.05) is 33.3 Å². The summed E-state index contributed by atoms with van der Waals surface area (Å²) in [6.07, 6.45) is 7.56. The van der Waals surface area contributed by atoms with Crippen LogP contribution in [0.25, 0.3) is 16.8 Å². The van der Waals surface area contributed by atoms with Crippen molar-refractivity contribution in [3.63, 3.8) is 0 Å². The Morgan fingerprint density at radius 3 is 2.85 bits per heavy atom. The van der Waals surface area contributed by atoms with Crippen LogP contribution < -0.4 is 0 Å². The number of hydrogen-bond donors (Lipinski definition) is 0. The molecule has 0 amide bonds. The summed E-state index contributed by atoms with van der Waals surface area (Å²) in [5, 5.41) is 0. The molecule has 0 spiro atoms. The molecule has 0 saturated carbocycles. The lowest BCUT2D eigenvalue weighted by atomic mass is 10.5. The predicted octanol–water partition coefficient (Wildman–Crippen LogP) is 3.00. The van der Waals surface area contributed by atoms with E-state index in [0.29, 0.717) is 6.73 Å². The smallest absolute Gasteiger partial charge is 0.159 e. The maximum atomic E-state index is 5.79. The van der Waals surface area contributed by atoms with Gasteiger partial charge in [0.25, 0.3) is 0 Å². The van der Waals surface area contributed by atoms with E-state index in [-0.39, 0.29) is 0 Å². The van der Waals surface area contributed by atoms with Gasteiger partial charge in [0.15, 0.2) is 11.3 Å². The van der Waals surface area contributed by atoms with Gasteiger partial charge in [0.2, 0.25) is 0 Å². The zero-order valence-electron chi connectivity index (χ0n) is 12.2. The number of aromatic nitrogens is 4. The van der Waals surface area contributed by atoms with Crippen LogP contribution in [-0.4, -0.2) is 33.6 Å². The largest absolute Gasteiger partial charge is 0.361 e. The summed E-state index contributed by atoms with van der Waals surface area (Å²) < 4.78 is 9.87. The van der Waals surface area contributed by atoms with E-state index < -0.39 is 8.07 Å². The molecule has 3 aromatic rings. The highest BCUT2D eigenvalue weighted by molar-refractivity contribution is 6.76. The van der Waals surface area contributed by atoms with Gasteiger partial charge in [-0.25, -0.2) is 9.97 Å². The van der Waals surface area contributed by atoms with Gasteiger partial charge in [0.05, 0.1) is 11.7 Å². The highest BCUT2D eigenvalue weighted by Gasteiger charge is 2.12. The summed E-state index contributed by atoms with van der Waals surface area (Å²) in [5.74, 6) is 0. The minimum absolute atomic E-state index is 0.557. The molecule has 0 unspecified atom stereocenters. The number of nitrogens with zero attached hydrogens (tertiary/aromatic N) is 4. The van der Waals surface area contributed by atoms with Gasteiger partial charge in [-0.15, -0.1) is 0 Å². The van der Waals surface area contributed by atoms with Crippen molar-refractivity contribution >= 4 is 24.9 Å². The van der Waals surface area contributed by atoms with Crippen molar-refractivity contribution in [2.75, 3.05) is 6.61 Å². The Kier molecular flexibility index (Phi) is 3.35. The minimum atomic E-state index is -1.02. The van der Waals surface area contributed by atoms with E-state index in [9.17, 15) is 0 Å². The summed E-state index contributed by atoms with van der Waals surface area (Å²) >= 11 is 0. The third-order valence-electron chi connectivity index (χ3n) is 3.37. The van der Waals surface area contributed by atoms with Crippen LogP contribution in [0, 0.1) is 0 Å². The molecule has 3 rings (SSSR count). The lowest BCUT2D eigenvalue weighted by Crippen LogP contribution is -2.22. The molecule has 5 nitrogen and oxygen atoms in total. The number of fused-ring (bicyclic) bond motifs is 3. The van der Waals surface area contributed by atoms with Gasteiger partial charge in [-0.2, -0.15) is 0 Å². The Labute approximate surface area is 119 Å². The molecule has 0 bridgehead atoms. The lowest BCUT2D eigenvalue weighted by Gasteiger charge is -2.15. The van der Waals surface area contributed by atoms with Crippen molar-refractivity contribution in [1.29, 1.82) is 0 Å². The van der Waals surface area contributed by atoms with E-state index >= 15 is 0 Å². The van der Waals surface area contributed by atoms with Crippen LogP contribution in [0.2, 0.25) is 25.7 Å². The zero-order valence-corrected chi connectivity index (χ0v) is 13.2. The Bertz CT molecular complexity index is 726. The minimum Gasteiger partial charge on any atom is -0.361 e. The van der Waals surface area contributed by atoms with E-state index in [2.05, 4.69) is 35.7 Å². The maximum Gasteiger partial charge on any atom is 0.159 e. The fourth-order valence-electron chi connectivity index (χ4n) is 2.16. The first-order valence-electron chi connectivity index (χ1n) is 6.89. The zero-order chi connectivity index (χ0) is 14.2. The molecule has 3 aromatic heterocycles. The van der Waals surface area contributed by atoms with Crippen molar-refractivity contribution in [3.05, 3.63) is 30.9 Å². The molecule has 0 aliphatic carbocycles. The molecule has 3 heterocycles. The summed E-state index contributed by atoms with van der Waals surface area (Å²) in [5.41, 5.74) is 2.87. The highest BCUT2D eigenvalue weighted by atomic mass is 28.3. The Hall–Kier alpha value is -1.66. The second kappa shape index (κ2) is 5.03. The Morgan fingerprint density at radius 2 is 2.05 bits per heavy atom. The summed E-state index contributed by atoms with van der Waals surface area (Å²) in [4.78, 5) is 8.72. The van der Waals surface area contributed by atoms with Gasteiger partial charge < -0.3 is 9.30 Å². The van der Waals surface area contributed by atoms with Gasteiger partial charge in [-0.3, -0.25) is 4.40 Å². The fraction of sp³-hybridized carbons (Fsp3) is 0.429. The van der Waals surface area contributed by atoms with Crippen molar-refractivity contribution in [1.82, 2.24) is 18.9 Å². The standard InChI is InChI=1S/C14H20N4OSi/c1-20(2,3)9-8-19-11-17-6-4-12-14(17)16-10-13-15-5-7-18(12)13/h4-7,10H,8-9,11H2,1-3H3. The van der Waals surface area contributed by atoms with Crippen molar-refractivity contribution in [2.45, 2.75) is 32.4 Å². The number of rotatable bonds is 5. The maximum absolute atomic E-state index is 5.79. The van der Waals surface area contributed by atoms with Crippen LogP contribution >= 0.6 is 0 Å². The molecule has 0 aliphatic heterocycles. The van der Waals surface area contributed by atoms with Crippen molar-refractivity contribution in [2.24, 2.45) is 0 Å². The molecule has 106 valence electrons. The van der Waals surface area contributed by atoms with E-state index in [1.54, 1.807) is 12.4 Å². The van der Waals surface area contributed by atoms with Crippen molar-refractivity contribution in [3.8, 4) is 0 Å². The average Bonchev–Trinajstić information content (AvgIpc) is 2.99. The molecule has 0 atom stereocenters. The lowest BCUT2D eigenvalue weighted by molar-refractivity contribution is 0.0899. The summed E-state index contributed by atoms with van der Waals surface area (Å²) in [6.45, 7) is 8.46. The van der Waals surface area contributed by atoms with Crippen LogP contribution in [0.15, 0.2) is 30.9 Å². The van der Waals surface area contributed by atoms with Crippen LogP contribution in [0.5, 0.6) is 0 Å². The Balaban J connectivity index is 1.76. The van der Waals surface area contributed by atoms with Crippen LogP contribution in [0.3, 0.4) is 0 Å². The monoisotopic (exact) mass is 288 g/mol. The molecular formula is C14H20N4OSi. The second-order valence-electron chi connectivity index (χ2n) is 6.26. The van der Waals surface area contributed by atoms with E-state index in [1.165, 1.54) is 6.04 Å². The van der Waals surface area contributed by atoms with Crippen LogP contribution in [-0.2, 0) is 11.5 Å². The first-order chi connectivity index (χ1) is 9.54. The molecular weight excluding hydrogens is 268 g/mol. The fourth-order valence-corrected chi connectivity index (χ4v) is 2.92. The van der Waals surface area contributed by atoms with Gasteiger partial charge in [0.1, 0.15) is 6.73 Å². The molecule has 0 N–H and O–H groups in total. The van der Waals surface area contributed by atoms with Gasteiger partial charge >= 0.3 is 0 Å². The van der Waals surface area contributed by atoms with E-state index in [4.69, 9.17) is 4.74 Å². The van der Waals surface area contributed by atoms with E-state index in [1.807, 2.05) is 21.4 Å². The molecule has 20 heavy (non-hydrogen) atoms. The van der Waals surface area contributed by atoms with Gasteiger partial charge in [-0.05, 0) is 12.1 Å². The molecule has 0 fully saturated rings. The molecule has 0 saturated heterocycles. The van der Waals surface area contributed by atoms with Crippen LogP contribution in [0.4, 0.5) is 0 Å². The SMILES string of the molecule is C[Si](C)(C)CCOCn1ccc2c1ncc1nccn12. The number of imidazole rings is 1. The van der Waals surface area contributed by atoms with Gasteiger partial charge in [-0.1, -0.05) is 19.6 Å². The third-order valence-corrected chi connectivity index (χ3v) is 5.08. The first-order valence-corrected chi connectivity index (χ1v) is 10.6. The number of hydrogen-bond acceptors (Lipinski definition) is 3. The Morgan fingerprint density at radius 1 is 1.20 bits per heavy atom. The molecule has 0 aliphatic rings. The summed E-state index contributed by atoms with van der Waals surface area (Å²) in [7, 11) is -1.02. The van der Waals surface area contributed by atoms with Crippen LogP contribution in [0.1, 0.15) is 0 Å². The summed E-state index contributed by atoms with van der Waals surface area (Å²) in [6, 6.07) is 3.24. The third kappa shape index (κ3) is 2.61. The topological polar surface area (TPSA) is 44.3 Å². The first kappa shape index (κ1) is 13.3.